The summed E-state index contributed by atoms with van der Waals surface area (Å²) in [4.78, 5) is 11.3. The van der Waals surface area contributed by atoms with Gasteiger partial charge in [-0.15, -0.1) is 0 Å². The maximum absolute atomic E-state index is 11.3. The highest BCUT2D eigenvalue weighted by Crippen LogP contribution is 2.19. The fourth-order valence-electron chi connectivity index (χ4n) is 2.18. The van der Waals surface area contributed by atoms with E-state index in [2.05, 4.69) is 15.4 Å². The van der Waals surface area contributed by atoms with Gasteiger partial charge in [-0.25, -0.2) is 4.79 Å². The van der Waals surface area contributed by atoms with E-state index in [1.807, 2.05) is 12.1 Å². The molecule has 0 radical (unpaired) electrons. The van der Waals surface area contributed by atoms with E-state index in [1.54, 1.807) is 12.1 Å². The van der Waals surface area contributed by atoms with E-state index < -0.39 is 5.60 Å². The molecule has 1 heterocycles. The molecule has 0 atom stereocenters. The number of hydrogen-bond acceptors (Lipinski definition) is 5. The molecule has 0 aromatic heterocycles. The summed E-state index contributed by atoms with van der Waals surface area (Å²) in [6, 6.07) is 7.05. The van der Waals surface area contributed by atoms with Gasteiger partial charge in [0.05, 0.1) is 18.3 Å². The summed E-state index contributed by atoms with van der Waals surface area (Å²) in [5.41, 5.74) is 0.764. The molecule has 0 bridgehead atoms. The Hall–Kier alpha value is -1.59. The molecule has 0 aliphatic carbocycles. The first kappa shape index (κ1) is 13.8. The number of carbonyl (C=O) groups excluding carboxylic acids is 1. The Morgan fingerprint density at radius 1 is 1.37 bits per heavy atom. The van der Waals surface area contributed by atoms with E-state index in [0.29, 0.717) is 12.1 Å². The summed E-state index contributed by atoms with van der Waals surface area (Å²) in [5, 5.41) is 16.8. The van der Waals surface area contributed by atoms with Gasteiger partial charge in [0.1, 0.15) is 0 Å². The monoisotopic (exact) mass is 264 g/mol. The average Bonchev–Trinajstić information content (AvgIpc) is 2.46. The van der Waals surface area contributed by atoms with Crippen molar-refractivity contribution in [1.82, 2.24) is 5.32 Å². The molecule has 1 aromatic carbocycles. The van der Waals surface area contributed by atoms with Crippen LogP contribution in [-0.2, 0) is 4.74 Å². The third-order valence-electron chi connectivity index (χ3n) is 3.46. The zero-order valence-electron chi connectivity index (χ0n) is 11.1. The molecule has 0 amide bonds. The number of nitrogens with one attached hydrogen (secondary N) is 2. The summed E-state index contributed by atoms with van der Waals surface area (Å²) in [7, 11) is 1.36. The lowest BCUT2D eigenvalue weighted by Gasteiger charge is -2.33. The van der Waals surface area contributed by atoms with Crippen molar-refractivity contribution in [2.45, 2.75) is 18.4 Å². The molecule has 2 rings (SSSR count). The molecule has 0 spiro atoms. The number of aliphatic hydroxyl groups is 1. The van der Waals surface area contributed by atoms with Crippen LogP contribution in [0, 0.1) is 0 Å². The second kappa shape index (κ2) is 6.04. The molecule has 0 unspecified atom stereocenters. The van der Waals surface area contributed by atoms with E-state index in [1.165, 1.54) is 7.11 Å². The van der Waals surface area contributed by atoms with E-state index in [9.17, 15) is 9.90 Å². The Bertz CT molecular complexity index is 425. The Morgan fingerprint density at radius 3 is 2.58 bits per heavy atom. The summed E-state index contributed by atoms with van der Waals surface area (Å²) in [5.74, 6) is -0.344. The number of piperidine rings is 1. The third-order valence-corrected chi connectivity index (χ3v) is 3.46. The largest absolute Gasteiger partial charge is 0.465 e. The molecule has 1 fully saturated rings. The van der Waals surface area contributed by atoms with Gasteiger partial charge in [0.25, 0.3) is 0 Å². The number of methoxy groups -OCH3 is 1. The highest BCUT2D eigenvalue weighted by molar-refractivity contribution is 5.89. The molecular formula is C14H20N2O3. The molecule has 1 aliphatic heterocycles. The minimum absolute atomic E-state index is 0.344. The quantitative estimate of drug-likeness (QED) is 0.708. The molecule has 3 N–H and O–H groups in total. The lowest BCUT2D eigenvalue weighted by atomic mass is 9.92. The van der Waals surface area contributed by atoms with Crippen molar-refractivity contribution in [3.8, 4) is 0 Å². The van der Waals surface area contributed by atoms with Gasteiger partial charge in [-0.3, -0.25) is 0 Å². The minimum Gasteiger partial charge on any atom is -0.465 e. The van der Waals surface area contributed by atoms with Gasteiger partial charge in [-0.1, -0.05) is 0 Å². The molecule has 1 aromatic rings. The Morgan fingerprint density at radius 2 is 2.00 bits per heavy atom. The van der Waals surface area contributed by atoms with Crippen LogP contribution in [0.4, 0.5) is 5.69 Å². The zero-order valence-corrected chi connectivity index (χ0v) is 11.1. The smallest absolute Gasteiger partial charge is 0.337 e. The lowest BCUT2D eigenvalue weighted by Crippen LogP contribution is -2.46. The Kier molecular flexibility index (Phi) is 4.39. The minimum atomic E-state index is -0.647. The van der Waals surface area contributed by atoms with Crippen LogP contribution in [0.1, 0.15) is 23.2 Å². The number of ether oxygens (including phenoxy) is 1. The summed E-state index contributed by atoms with van der Waals surface area (Å²) in [6.45, 7) is 2.21. The van der Waals surface area contributed by atoms with Gasteiger partial charge < -0.3 is 20.5 Å². The highest BCUT2D eigenvalue weighted by atomic mass is 16.5. The van der Waals surface area contributed by atoms with Crippen LogP contribution in [0.25, 0.3) is 0 Å². The number of carbonyl (C=O) groups is 1. The Balaban J connectivity index is 1.91. The maximum atomic E-state index is 11.3. The van der Waals surface area contributed by atoms with Crippen LogP contribution in [0.5, 0.6) is 0 Å². The molecule has 5 nitrogen and oxygen atoms in total. The van der Waals surface area contributed by atoms with E-state index in [0.717, 1.165) is 31.6 Å². The highest BCUT2D eigenvalue weighted by Gasteiger charge is 2.28. The topological polar surface area (TPSA) is 70.6 Å². The molecule has 1 saturated heterocycles. The van der Waals surface area contributed by atoms with Crippen LogP contribution < -0.4 is 10.6 Å². The van der Waals surface area contributed by atoms with Crippen molar-refractivity contribution in [2.75, 3.05) is 32.1 Å². The fraction of sp³-hybridized carbons (Fsp3) is 0.500. The summed E-state index contributed by atoms with van der Waals surface area (Å²) >= 11 is 0. The number of hydrogen-bond donors (Lipinski definition) is 3. The van der Waals surface area contributed by atoms with Gasteiger partial charge in [0.2, 0.25) is 0 Å². The van der Waals surface area contributed by atoms with Crippen LogP contribution in [0.2, 0.25) is 0 Å². The van der Waals surface area contributed by atoms with Gasteiger partial charge in [-0.05, 0) is 50.2 Å². The average molecular weight is 264 g/mol. The lowest BCUT2D eigenvalue weighted by molar-refractivity contribution is 0.0232. The second-order valence-electron chi connectivity index (χ2n) is 4.90. The predicted molar refractivity (Wildman–Crippen MR) is 73.3 cm³/mol. The van der Waals surface area contributed by atoms with Gasteiger partial charge in [0, 0.05) is 12.2 Å². The van der Waals surface area contributed by atoms with Gasteiger partial charge >= 0.3 is 5.97 Å². The summed E-state index contributed by atoms with van der Waals surface area (Å²) < 4.78 is 4.64. The fourth-order valence-corrected chi connectivity index (χ4v) is 2.18. The third kappa shape index (κ3) is 3.68. The predicted octanol–water partition coefficient (Wildman–Crippen LogP) is 1.000. The van der Waals surface area contributed by atoms with E-state index >= 15 is 0 Å². The number of rotatable bonds is 4. The Labute approximate surface area is 113 Å². The first-order valence-electron chi connectivity index (χ1n) is 6.48. The first-order chi connectivity index (χ1) is 9.13. The maximum Gasteiger partial charge on any atom is 0.337 e. The van der Waals surface area contributed by atoms with Crippen molar-refractivity contribution in [3.63, 3.8) is 0 Å². The van der Waals surface area contributed by atoms with Crippen molar-refractivity contribution in [1.29, 1.82) is 0 Å². The SMILES string of the molecule is COC(=O)c1ccc(NCC2(O)CCNCC2)cc1. The molecule has 104 valence electrons. The molecule has 0 saturated carbocycles. The molecule has 5 heteroatoms. The molecule has 1 aliphatic rings. The van der Waals surface area contributed by atoms with E-state index in [4.69, 9.17) is 0 Å². The van der Waals surface area contributed by atoms with E-state index in [-0.39, 0.29) is 5.97 Å². The second-order valence-corrected chi connectivity index (χ2v) is 4.90. The van der Waals surface area contributed by atoms with Crippen LogP contribution in [-0.4, -0.2) is 43.4 Å². The number of esters is 1. The van der Waals surface area contributed by atoms with Crippen LogP contribution in [0.15, 0.2) is 24.3 Å². The van der Waals surface area contributed by atoms with Crippen molar-refractivity contribution in [3.05, 3.63) is 29.8 Å². The molecule has 19 heavy (non-hydrogen) atoms. The van der Waals surface area contributed by atoms with Crippen molar-refractivity contribution < 1.29 is 14.6 Å². The standard InChI is InChI=1S/C14H20N2O3/c1-19-13(17)11-2-4-12(5-3-11)16-10-14(18)6-8-15-9-7-14/h2-5,15-16,18H,6-10H2,1H3. The van der Waals surface area contributed by atoms with Crippen molar-refractivity contribution >= 4 is 11.7 Å². The van der Waals surface area contributed by atoms with Gasteiger partial charge in [0.15, 0.2) is 0 Å². The van der Waals surface area contributed by atoms with Crippen LogP contribution in [0.3, 0.4) is 0 Å². The number of benzene rings is 1. The normalized spacial score (nSPS) is 17.8. The van der Waals surface area contributed by atoms with Crippen molar-refractivity contribution in [2.24, 2.45) is 0 Å². The van der Waals surface area contributed by atoms with Gasteiger partial charge in [-0.2, -0.15) is 0 Å². The molecular weight excluding hydrogens is 244 g/mol. The van der Waals surface area contributed by atoms with Crippen LogP contribution >= 0.6 is 0 Å². The first-order valence-corrected chi connectivity index (χ1v) is 6.48. The summed E-state index contributed by atoms with van der Waals surface area (Å²) in [6.07, 6.45) is 1.50. The number of anilines is 1. The zero-order chi connectivity index (χ0) is 13.7.